The molecule has 4 aromatic rings. The van der Waals surface area contributed by atoms with Crippen molar-refractivity contribution in [1.29, 1.82) is 0 Å². The van der Waals surface area contributed by atoms with Gasteiger partial charge in [-0.25, -0.2) is 4.98 Å². The van der Waals surface area contributed by atoms with Gasteiger partial charge in [-0.2, -0.15) is 0 Å². The fourth-order valence-electron chi connectivity index (χ4n) is 2.87. The number of aromatic nitrogens is 1. The molecule has 0 saturated heterocycles. The zero-order chi connectivity index (χ0) is 20.4. The minimum Gasteiger partial charge on any atom is -0.481 e. The highest BCUT2D eigenvalue weighted by Crippen LogP contribution is 2.31. The van der Waals surface area contributed by atoms with Crippen LogP contribution in [0, 0.1) is 6.92 Å². The Hall–Kier alpha value is -2.83. The van der Waals surface area contributed by atoms with Crippen LogP contribution in [0.1, 0.15) is 18.2 Å². The highest BCUT2D eigenvalue weighted by Gasteiger charge is 2.17. The minimum absolute atomic E-state index is 0.225. The molecule has 0 fully saturated rings. The quantitative estimate of drug-likeness (QED) is 0.435. The van der Waals surface area contributed by atoms with Crippen molar-refractivity contribution in [2.75, 3.05) is 0 Å². The molecule has 29 heavy (non-hydrogen) atoms. The number of ether oxygens (including phenoxy) is 1. The predicted octanol–water partition coefficient (Wildman–Crippen LogP) is 5.60. The standard InChI is InChI=1S/C22H19ClN2O3S/c1-13-11-15(23)7-9-18(13)27-14(2)21(26)24-12-16-8-10-19(28-16)22-25-17-5-3-4-6-20(17)29-22/h3-11,14H,12H2,1-2H3,(H,24,26). The van der Waals surface area contributed by atoms with Gasteiger partial charge < -0.3 is 14.5 Å². The molecule has 2 aromatic heterocycles. The second kappa shape index (κ2) is 8.27. The van der Waals surface area contributed by atoms with E-state index in [9.17, 15) is 4.79 Å². The summed E-state index contributed by atoms with van der Waals surface area (Å²) in [5.74, 6) is 1.75. The molecule has 0 aliphatic heterocycles. The molecule has 2 aromatic carbocycles. The summed E-state index contributed by atoms with van der Waals surface area (Å²) < 4.78 is 12.7. The maximum atomic E-state index is 12.4. The van der Waals surface area contributed by atoms with Crippen molar-refractivity contribution in [1.82, 2.24) is 10.3 Å². The number of amides is 1. The van der Waals surface area contributed by atoms with E-state index >= 15 is 0 Å². The summed E-state index contributed by atoms with van der Waals surface area (Å²) in [6.45, 7) is 3.87. The van der Waals surface area contributed by atoms with Crippen LogP contribution >= 0.6 is 22.9 Å². The molecule has 1 N–H and O–H groups in total. The van der Waals surface area contributed by atoms with Crippen LogP contribution in [0.25, 0.3) is 21.0 Å². The summed E-state index contributed by atoms with van der Waals surface area (Å²) in [5.41, 5.74) is 1.82. The molecule has 2 heterocycles. The first kappa shape index (κ1) is 19.5. The Labute approximate surface area is 177 Å². The molecule has 1 atom stereocenters. The van der Waals surface area contributed by atoms with Gasteiger partial charge in [0.05, 0.1) is 16.8 Å². The fourth-order valence-corrected chi connectivity index (χ4v) is 4.03. The van der Waals surface area contributed by atoms with Crippen molar-refractivity contribution in [3.63, 3.8) is 0 Å². The second-order valence-corrected chi connectivity index (χ2v) is 8.11. The van der Waals surface area contributed by atoms with Gasteiger partial charge in [-0.05, 0) is 61.9 Å². The molecule has 148 valence electrons. The lowest BCUT2D eigenvalue weighted by atomic mass is 10.2. The topological polar surface area (TPSA) is 64.4 Å². The number of halogens is 1. The third-order valence-corrected chi connectivity index (χ3v) is 5.70. The molecule has 4 rings (SSSR count). The smallest absolute Gasteiger partial charge is 0.261 e. The lowest BCUT2D eigenvalue weighted by molar-refractivity contribution is -0.127. The normalized spacial score (nSPS) is 12.1. The van der Waals surface area contributed by atoms with E-state index in [1.165, 1.54) is 0 Å². The van der Waals surface area contributed by atoms with Gasteiger partial charge in [-0.1, -0.05) is 23.7 Å². The Morgan fingerprint density at radius 2 is 2.07 bits per heavy atom. The van der Waals surface area contributed by atoms with Crippen molar-refractivity contribution in [3.8, 4) is 16.5 Å². The third-order valence-electron chi connectivity index (χ3n) is 4.41. The number of carbonyl (C=O) groups excluding carboxylic acids is 1. The Bertz CT molecular complexity index is 1130. The number of carbonyl (C=O) groups is 1. The first-order chi connectivity index (χ1) is 14.0. The number of hydrogen-bond donors (Lipinski definition) is 1. The van der Waals surface area contributed by atoms with E-state index in [-0.39, 0.29) is 12.5 Å². The van der Waals surface area contributed by atoms with Gasteiger partial charge in [0.1, 0.15) is 11.5 Å². The van der Waals surface area contributed by atoms with Crippen molar-refractivity contribution in [3.05, 3.63) is 70.9 Å². The third kappa shape index (κ3) is 4.44. The summed E-state index contributed by atoms with van der Waals surface area (Å²) in [6.07, 6.45) is -0.645. The number of hydrogen-bond acceptors (Lipinski definition) is 5. The molecule has 0 saturated carbocycles. The molecule has 0 radical (unpaired) electrons. The number of rotatable bonds is 6. The van der Waals surface area contributed by atoms with Gasteiger partial charge >= 0.3 is 0 Å². The molecule has 1 unspecified atom stereocenters. The van der Waals surface area contributed by atoms with Gasteiger partial charge in [0.15, 0.2) is 16.9 Å². The minimum atomic E-state index is -0.645. The molecule has 0 aliphatic rings. The fraction of sp³-hybridized carbons (Fsp3) is 0.182. The van der Waals surface area contributed by atoms with E-state index in [2.05, 4.69) is 10.3 Å². The van der Waals surface area contributed by atoms with E-state index < -0.39 is 6.10 Å². The predicted molar refractivity (Wildman–Crippen MR) is 115 cm³/mol. The van der Waals surface area contributed by atoms with Crippen LogP contribution < -0.4 is 10.1 Å². The van der Waals surface area contributed by atoms with Gasteiger partial charge in [0, 0.05) is 5.02 Å². The number of aryl methyl sites for hydroxylation is 1. The maximum absolute atomic E-state index is 12.4. The van der Waals surface area contributed by atoms with Crippen molar-refractivity contribution in [2.45, 2.75) is 26.5 Å². The van der Waals surface area contributed by atoms with Crippen LogP contribution in [-0.4, -0.2) is 17.0 Å². The Morgan fingerprint density at radius 3 is 2.86 bits per heavy atom. The van der Waals surface area contributed by atoms with Crippen molar-refractivity contribution >= 4 is 39.1 Å². The number of thiazole rings is 1. The molecule has 0 aliphatic carbocycles. The Balaban J connectivity index is 1.37. The highest BCUT2D eigenvalue weighted by molar-refractivity contribution is 7.21. The summed E-state index contributed by atoms with van der Waals surface area (Å²) in [4.78, 5) is 17.0. The second-order valence-electron chi connectivity index (χ2n) is 6.64. The summed E-state index contributed by atoms with van der Waals surface area (Å²) >= 11 is 7.53. The number of nitrogens with one attached hydrogen (secondary N) is 1. The summed E-state index contributed by atoms with van der Waals surface area (Å²) in [5, 5.41) is 4.29. The molecule has 1 amide bonds. The van der Waals surface area contributed by atoms with Crippen LogP contribution in [0.2, 0.25) is 5.02 Å². The number of fused-ring (bicyclic) bond motifs is 1. The monoisotopic (exact) mass is 426 g/mol. The average Bonchev–Trinajstić information content (AvgIpc) is 3.34. The highest BCUT2D eigenvalue weighted by atomic mass is 35.5. The molecule has 5 nitrogen and oxygen atoms in total. The molecular weight excluding hydrogens is 408 g/mol. The van der Waals surface area contributed by atoms with Crippen LogP contribution in [0.3, 0.4) is 0 Å². The molecular formula is C22H19ClN2O3S. The van der Waals surface area contributed by atoms with Gasteiger partial charge in [0.25, 0.3) is 5.91 Å². The SMILES string of the molecule is Cc1cc(Cl)ccc1OC(C)C(=O)NCc1ccc(-c2nc3ccccc3s2)o1. The number of para-hydroxylation sites is 1. The Kier molecular flexibility index (Phi) is 5.56. The van der Waals surface area contributed by atoms with E-state index in [0.717, 1.165) is 20.8 Å². The van der Waals surface area contributed by atoms with Crippen LogP contribution in [-0.2, 0) is 11.3 Å². The number of nitrogens with zero attached hydrogens (tertiary/aromatic N) is 1. The lowest BCUT2D eigenvalue weighted by Gasteiger charge is -2.16. The van der Waals surface area contributed by atoms with E-state index in [1.807, 2.05) is 43.3 Å². The van der Waals surface area contributed by atoms with Gasteiger partial charge in [-0.3, -0.25) is 4.79 Å². The molecule has 7 heteroatoms. The summed E-state index contributed by atoms with van der Waals surface area (Å²) in [6, 6.07) is 17.0. The molecule has 0 spiro atoms. The first-order valence-electron chi connectivity index (χ1n) is 9.15. The van der Waals surface area contributed by atoms with E-state index in [0.29, 0.717) is 22.3 Å². The number of furan rings is 1. The van der Waals surface area contributed by atoms with Gasteiger partial charge in [-0.15, -0.1) is 11.3 Å². The molecule has 0 bridgehead atoms. The Morgan fingerprint density at radius 1 is 1.24 bits per heavy atom. The number of benzene rings is 2. The maximum Gasteiger partial charge on any atom is 0.261 e. The van der Waals surface area contributed by atoms with E-state index in [4.69, 9.17) is 20.8 Å². The average molecular weight is 427 g/mol. The van der Waals surface area contributed by atoms with Crippen molar-refractivity contribution in [2.24, 2.45) is 0 Å². The zero-order valence-electron chi connectivity index (χ0n) is 15.9. The summed E-state index contributed by atoms with van der Waals surface area (Å²) in [7, 11) is 0. The zero-order valence-corrected chi connectivity index (χ0v) is 17.5. The van der Waals surface area contributed by atoms with Crippen LogP contribution in [0.5, 0.6) is 5.75 Å². The van der Waals surface area contributed by atoms with Crippen LogP contribution in [0.4, 0.5) is 0 Å². The van der Waals surface area contributed by atoms with E-state index in [1.54, 1.807) is 36.5 Å². The lowest BCUT2D eigenvalue weighted by Crippen LogP contribution is -2.35. The first-order valence-corrected chi connectivity index (χ1v) is 10.3. The largest absolute Gasteiger partial charge is 0.481 e. The van der Waals surface area contributed by atoms with Gasteiger partial charge in [0.2, 0.25) is 0 Å². The van der Waals surface area contributed by atoms with Crippen molar-refractivity contribution < 1.29 is 13.9 Å². The van der Waals surface area contributed by atoms with Crippen LogP contribution in [0.15, 0.2) is 59.0 Å².